The minimum atomic E-state index is -0.134. The molecule has 1 aromatic carbocycles. The smallest absolute Gasteiger partial charge is 0.228 e. The van der Waals surface area contributed by atoms with Gasteiger partial charge in [0.15, 0.2) is 0 Å². The first-order valence-corrected chi connectivity index (χ1v) is 11.5. The lowest BCUT2D eigenvalue weighted by molar-refractivity contribution is -0.160. The summed E-state index contributed by atoms with van der Waals surface area (Å²) in [4.78, 5) is 27.1. The second kappa shape index (κ2) is 6.79. The number of carbonyl (C=O) groups is 1. The van der Waals surface area contributed by atoms with Gasteiger partial charge < -0.3 is 9.80 Å². The van der Waals surface area contributed by atoms with E-state index in [-0.39, 0.29) is 10.8 Å². The van der Waals surface area contributed by atoms with Crippen LogP contribution in [-0.4, -0.2) is 47.0 Å². The van der Waals surface area contributed by atoms with E-state index in [0.29, 0.717) is 5.91 Å². The van der Waals surface area contributed by atoms with Gasteiger partial charge in [0.1, 0.15) is 0 Å². The van der Waals surface area contributed by atoms with Crippen molar-refractivity contribution < 1.29 is 4.79 Å². The molecule has 5 fully saturated rings. The van der Waals surface area contributed by atoms with Crippen molar-refractivity contribution in [2.45, 2.75) is 43.9 Å². The van der Waals surface area contributed by atoms with E-state index in [4.69, 9.17) is 0 Å². The van der Waals surface area contributed by atoms with Crippen LogP contribution in [0.15, 0.2) is 48.8 Å². The van der Waals surface area contributed by atoms with Crippen molar-refractivity contribution in [3.8, 4) is 0 Å². The summed E-state index contributed by atoms with van der Waals surface area (Å²) in [6.45, 7) is 3.21. The van der Waals surface area contributed by atoms with Gasteiger partial charge in [-0.1, -0.05) is 30.3 Å². The van der Waals surface area contributed by atoms with Crippen molar-refractivity contribution >= 4 is 11.9 Å². The molecule has 1 amide bonds. The molecule has 4 aliphatic carbocycles. The minimum Gasteiger partial charge on any atom is -0.339 e. The van der Waals surface area contributed by atoms with Gasteiger partial charge in [-0.05, 0) is 67.4 Å². The maximum atomic E-state index is 13.9. The van der Waals surface area contributed by atoms with Gasteiger partial charge in [0.25, 0.3) is 0 Å². The Hall–Kier alpha value is -2.43. The van der Waals surface area contributed by atoms with Crippen molar-refractivity contribution in [1.82, 2.24) is 14.9 Å². The van der Waals surface area contributed by atoms with E-state index in [1.54, 1.807) is 12.4 Å². The highest BCUT2D eigenvalue weighted by Gasteiger charge is 2.61. The lowest BCUT2D eigenvalue weighted by Crippen LogP contribution is -2.61. The SMILES string of the molecule is O=C(N1CCN(c2ncccn2)CC1)C12C[C@H]3C[C@@H](C1)CC(c1ccccc1)(C3)C2. The summed E-state index contributed by atoms with van der Waals surface area (Å²) in [5, 5.41) is 0. The van der Waals surface area contributed by atoms with E-state index in [0.717, 1.165) is 63.2 Å². The first-order chi connectivity index (χ1) is 14.7. The van der Waals surface area contributed by atoms with Crippen molar-refractivity contribution in [3.63, 3.8) is 0 Å². The topological polar surface area (TPSA) is 49.3 Å². The van der Waals surface area contributed by atoms with Crippen LogP contribution in [0.4, 0.5) is 5.95 Å². The Morgan fingerprint density at radius 3 is 2.20 bits per heavy atom. The highest BCUT2D eigenvalue weighted by molar-refractivity contribution is 5.84. The molecule has 1 saturated heterocycles. The normalized spacial score (nSPS) is 34.9. The van der Waals surface area contributed by atoms with Crippen molar-refractivity contribution in [3.05, 3.63) is 54.4 Å². The van der Waals surface area contributed by atoms with Crippen LogP contribution in [0.3, 0.4) is 0 Å². The summed E-state index contributed by atoms with van der Waals surface area (Å²) >= 11 is 0. The van der Waals surface area contributed by atoms with Gasteiger partial charge in [0.2, 0.25) is 11.9 Å². The highest BCUT2D eigenvalue weighted by Crippen LogP contribution is 2.66. The fourth-order valence-electron chi connectivity index (χ4n) is 7.54. The number of amides is 1. The molecule has 2 heterocycles. The van der Waals surface area contributed by atoms with Crippen molar-refractivity contribution in [1.29, 1.82) is 0 Å². The van der Waals surface area contributed by atoms with Gasteiger partial charge in [-0.25, -0.2) is 9.97 Å². The van der Waals surface area contributed by atoms with E-state index in [1.165, 1.54) is 24.8 Å². The Bertz CT molecular complexity index is 909. The molecular formula is C25H30N4O. The minimum absolute atomic E-state index is 0.134. The van der Waals surface area contributed by atoms with Crippen molar-refractivity contribution in [2.75, 3.05) is 31.1 Å². The fraction of sp³-hybridized carbons (Fsp3) is 0.560. The van der Waals surface area contributed by atoms with E-state index >= 15 is 0 Å². The predicted octanol–water partition coefficient (Wildman–Crippen LogP) is 3.66. The molecule has 1 aliphatic heterocycles. The van der Waals surface area contributed by atoms with Crippen LogP contribution in [-0.2, 0) is 10.2 Å². The van der Waals surface area contributed by atoms with Crippen LogP contribution in [0, 0.1) is 17.3 Å². The molecule has 156 valence electrons. The maximum absolute atomic E-state index is 13.9. The second-order valence-electron chi connectivity index (χ2n) is 10.2. The summed E-state index contributed by atoms with van der Waals surface area (Å²) in [7, 11) is 0. The monoisotopic (exact) mass is 402 g/mol. The third kappa shape index (κ3) is 2.85. The molecule has 5 aliphatic rings. The third-order valence-electron chi connectivity index (χ3n) is 8.30. The zero-order valence-corrected chi connectivity index (χ0v) is 17.5. The van der Waals surface area contributed by atoms with Gasteiger partial charge in [0.05, 0.1) is 5.41 Å². The molecule has 2 aromatic rings. The lowest BCUT2D eigenvalue weighted by atomic mass is 9.42. The third-order valence-corrected chi connectivity index (χ3v) is 8.30. The number of aromatic nitrogens is 2. The van der Waals surface area contributed by atoms with Crippen LogP contribution in [0.25, 0.3) is 0 Å². The second-order valence-corrected chi connectivity index (χ2v) is 10.2. The van der Waals surface area contributed by atoms with Crippen LogP contribution < -0.4 is 4.90 Å². The molecule has 0 N–H and O–H groups in total. The van der Waals surface area contributed by atoms with E-state index in [9.17, 15) is 4.79 Å². The Labute approximate surface area is 178 Å². The van der Waals surface area contributed by atoms with Crippen LogP contribution in [0.2, 0.25) is 0 Å². The molecule has 5 nitrogen and oxygen atoms in total. The molecular weight excluding hydrogens is 372 g/mol. The summed E-state index contributed by atoms with van der Waals surface area (Å²) in [6.07, 6.45) is 10.7. The van der Waals surface area contributed by atoms with Crippen LogP contribution >= 0.6 is 0 Å². The van der Waals surface area contributed by atoms with Gasteiger partial charge in [0, 0.05) is 38.6 Å². The standard InChI is InChI=1S/C25H30N4O/c30-22(28-9-11-29(12-10-28)23-26-7-4-8-27-23)25-16-19-13-20(17-25)15-24(14-19,18-25)21-5-2-1-3-6-21/h1-8,19-20H,9-18H2/t19-,20+,24?,25?. The molecule has 2 unspecified atom stereocenters. The summed E-state index contributed by atoms with van der Waals surface area (Å²) in [5.74, 6) is 2.65. The van der Waals surface area contributed by atoms with Crippen LogP contribution in [0.5, 0.6) is 0 Å². The predicted molar refractivity (Wildman–Crippen MR) is 116 cm³/mol. The highest BCUT2D eigenvalue weighted by atomic mass is 16.2. The van der Waals surface area contributed by atoms with Gasteiger partial charge in [-0.3, -0.25) is 4.79 Å². The number of anilines is 1. The Morgan fingerprint density at radius 2 is 1.53 bits per heavy atom. The number of rotatable bonds is 3. The number of benzene rings is 1. The molecule has 5 heteroatoms. The Balaban J connectivity index is 1.23. The fourth-order valence-corrected chi connectivity index (χ4v) is 7.54. The lowest BCUT2D eigenvalue weighted by Gasteiger charge is -2.62. The first kappa shape index (κ1) is 18.3. The van der Waals surface area contributed by atoms with Gasteiger partial charge >= 0.3 is 0 Å². The summed E-state index contributed by atoms with van der Waals surface area (Å²) in [5.41, 5.74) is 1.56. The number of hydrogen-bond acceptors (Lipinski definition) is 4. The zero-order valence-electron chi connectivity index (χ0n) is 17.5. The first-order valence-electron chi connectivity index (χ1n) is 11.5. The molecule has 0 radical (unpaired) electrons. The largest absolute Gasteiger partial charge is 0.339 e. The van der Waals surface area contributed by atoms with E-state index < -0.39 is 0 Å². The Kier molecular flexibility index (Phi) is 4.15. The van der Waals surface area contributed by atoms with Gasteiger partial charge in [-0.2, -0.15) is 0 Å². The van der Waals surface area contributed by atoms with Gasteiger partial charge in [-0.15, -0.1) is 0 Å². The summed E-state index contributed by atoms with van der Waals surface area (Å²) < 4.78 is 0. The molecule has 4 saturated carbocycles. The molecule has 4 atom stereocenters. The quantitative estimate of drug-likeness (QED) is 0.786. The van der Waals surface area contributed by atoms with E-state index in [1.807, 2.05) is 6.07 Å². The molecule has 30 heavy (non-hydrogen) atoms. The summed E-state index contributed by atoms with van der Waals surface area (Å²) in [6, 6.07) is 12.9. The number of nitrogens with zero attached hydrogens (tertiary/aromatic N) is 4. The maximum Gasteiger partial charge on any atom is 0.228 e. The molecule has 1 aromatic heterocycles. The Morgan fingerprint density at radius 1 is 0.867 bits per heavy atom. The average molecular weight is 403 g/mol. The molecule has 7 rings (SSSR count). The van der Waals surface area contributed by atoms with Crippen LogP contribution in [0.1, 0.15) is 44.1 Å². The zero-order chi connectivity index (χ0) is 20.2. The molecule has 0 spiro atoms. The average Bonchev–Trinajstić information content (AvgIpc) is 2.79. The number of piperazine rings is 1. The number of hydrogen-bond donors (Lipinski definition) is 0. The van der Waals surface area contributed by atoms with Crippen molar-refractivity contribution in [2.24, 2.45) is 17.3 Å². The number of carbonyl (C=O) groups excluding carboxylic acids is 1. The van der Waals surface area contributed by atoms with E-state index in [2.05, 4.69) is 50.1 Å². The molecule has 4 bridgehead atoms.